The summed E-state index contributed by atoms with van der Waals surface area (Å²) in [6.07, 6.45) is 2.25. The lowest BCUT2D eigenvalue weighted by Gasteiger charge is -2.19. The Balaban J connectivity index is 2.34. The third kappa shape index (κ3) is 3.53. The molecule has 78 valence electrons. The van der Waals surface area contributed by atoms with Crippen molar-refractivity contribution in [3.05, 3.63) is 0 Å². The van der Waals surface area contributed by atoms with Gasteiger partial charge >= 0.3 is 0 Å². The van der Waals surface area contributed by atoms with Gasteiger partial charge in [0.15, 0.2) is 0 Å². The van der Waals surface area contributed by atoms with Crippen molar-refractivity contribution in [2.45, 2.75) is 18.9 Å². The summed E-state index contributed by atoms with van der Waals surface area (Å²) in [7, 11) is -1.06. The molecule has 0 spiro atoms. The van der Waals surface area contributed by atoms with Crippen molar-refractivity contribution in [3.63, 3.8) is 0 Å². The average molecular weight is 271 g/mol. The molecule has 0 saturated carbocycles. The molecule has 1 aliphatic rings. The second-order valence-electron chi connectivity index (χ2n) is 3.35. The molecular formula is C7H15BrN2O2S. The van der Waals surface area contributed by atoms with Crippen molar-refractivity contribution in [1.82, 2.24) is 9.62 Å². The number of likely N-dealkylation sites (N-methyl/N-ethyl adjacent to an activating group) is 1. The molecular weight excluding hydrogens is 256 g/mol. The Bertz CT molecular complexity index is 255. The summed E-state index contributed by atoms with van der Waals surface area (Å²) in [6.45, 7) is 1.60. The van der Waals surface area contributed by atoms with Crippen molar-refractivity contribution >= 4 is 26.0 Å². The lowest BCUT2D eigenvalue weighted by atomic mass is 10.2. The molecule has 0 radical (unpaired) electrons. The normalized spacial score (nSPS) is 25.2. The van der Waals surface area contributed by atoms with Gasteiger partial charge in [-0.25, -0.2) is 13.1 Å². The summed E-state index contributed by atoms with van der Waals surface area (Å²) in [6, 6.07) is 0.369. The smallest absolute Gasteiger partial charge is 0.221 e. The fraction of sp³-hybridized carbons (Fsp3) is 1.00. The minimum atomic E-state index is -3.09. The molecule has 0 bridgehead atoms. The first-order valence-corrected chi connectivity index (χ1v) is 7.06. The standard InChI is InChI=1S/C7H15BrN2O2S/c1-10-4-2-3-7(10)5-9-13(11,12)6-8/h7,9H,2-6H2,1H3. The molecule has 0 aromatic heterocycles. The van der Waals surface area contributed by atoms with Crippen LogP contribution in [0.4, 0.5) is 0 Å². The Labute approximate surface area is 87.9 Å². The molecule has 1 atom stereocenters. The molecule has 6 heteroatoms. The summed E-state index contributed by atoms with van der Waals surface area (Å²) >= 11 is 2.93. The lowest BCUT2D eigenvalue weighted by Crippen LogP contribution is -2.38. The Morgan fingerprint density at radius 1 is 1.62 bits per heavy atom. The maximum Gasteiger partial charge on any atom is 0.221 e. The van der Waals surface area contributed by atoms with Crippen LogP contribution in [0.25, 0.3) is 0 Å². The predicted molar refractivity (Wildman–Crippen MR) is 56.4 cm³/mol. The van der Waals surface area contributed by atoms with Gasteiger partial charge in [-0.15, -0.1) is 0 Å². The SMILES string of the molecule is CN1CCCC1CNS(=O)(=O)CBr. The van der Waals surface area contributed by atoms with E-state index in [1.54, 1.807) is 0 Å². The van der Waals surface area contributed by atoms with Crippen molar-refractivity contribution in [2.24, 2.45) is 0 Å². The van der Waals surface area contributed by atoms with Gasteiger partial charge in [0.25, 0.3) is 0 Å². The Kier molecular flexibility index (Phi) is 4.15. The van der Waals surface area contributed by atoms with Crippen molar-refractivity contribution < 1.29 is 8.42 Å². The van der Waals surface area contributed by atoms with Crippen LogP contribution in [0.1, 0.15) is 12.8 Å². The highest BCUT2D eigenvalue weighted by molar-refractivity contribution is 9.10. The van der Waals surface area contributed by atoms with E-state index in [2.05, 4.69) is 25.6 Å². The van der Waals surface area contributed by atoms with Crippen LogP contribution in [0.3, 0.4) is 0 Å². The highest BCUT2D eigenvalue weighted by atomic mass is 79.9. The van der Waals surface area contributed by atoms with E-state index in [0.29, 0.717) is 12.6 Å². The van der Waals surface area contributed by atoms with Gasteiger partial charge in [0.1, 0.15) is 4.66 Å². The number of hydrogen-bond donors (Lipinski definition) is 1. The van der Waals surface area contributed by atoms with Crippen LogP contribution >= 0.6 is 15.9 Å². The summed E-state index contributed by atoms with van der Waals surface area (Å²) < 4.78 is 24.7. The van der Waals surface area contributed by atoms with Gasteiger partial charge in [0, 0.05) is 12.6 Å². The van der Waals surface area contributed by atoms with Crippen LogP contribution in [-0.4, -0.2) is 44.2 Å². The van der Waals surface area contributed by atoms with Crippen molar-refractivity contribution in [1.29, 1.82) is 0 Å². The third-order valence-corrected chi connectivity index (χ3v) is 5.06. The van der Waals surface area contributed by atoms with Crippen LogP contribution < -0.4 is 4.72 Å². The maximum atomic E-state index is 11.1. The van der Waals surface area contributed by atoms with E-state index in [1.807, 2.05) is 7.05 Å². The molecule has 0 amide bonds. The minimum absolute atomic E-state index is 0.0174. The molecule has 1 aliphatic heterocycles. The van der Waals surface area contributed by atoms with E-state index in [-0.39, 0.29) is 4.66 Å². The highest BCUT2D eigenvalue weighted by Crippen LogP contribution is 2.13. The maximum absolute atomic E-state index is 11.1. The van der Waals surface area contributed by atoms with Gasteiger partial charge in [-0.05, 0) is 26.4 Å². The number of hydrogen-bond acceptors (Lipinski definition) is 3. The molecule has 1 saturated heterocycles. The fourth-order valence-electron chi connectivity index (χ4n) is 1.50. The van der Waals surface area contributed by atoms with Gasteiger partial charge in [-0.1, -0.05) is 15.9 Å². The molecule has 1 heterocycles. The van der Waals surface area contributed by atoms with Gasteiger partial charge in [0.05, 0.1) is 0 Å². The first kappa shape index (κ1) is 11.4. The number of nitrogens with one attached hydrogen (secondary N) is 1. The topological polar surface area (TPSA) is 49.4 Å². The zero-order valence-electron chi connectivity index (χ0n) is 7.66. The van der Waals surface area contributed by atoms with Gasteiger partial charge in [-0.3, -0.25) is 0 Å². The molecule has 1 N–H and O–H groups in total. The average Bonchev–Trinajstić information content (AvgIpc) is 2.48. The van der Waals surface area contributed by atoms with Crippen molar-refractivity contribution in [2.75, 3.05) is 24.8 Å². The molecule has 4 nitrogen and oxygen atoms in total. The molecule has 1 rings (SSSR count). The lowest BCUT2D eigenvalue weighted by molar-refractivity contribution is 0.311. The molecule has 13 heavy (non-hydrogen) atoms. The Morgan fingerprint density at radius 2 is 2.31 bits per heavy atom. The van der Waals surface area contributed by atoms with Crippen LogP contribution in [0, 0.1) is 0 Å². The zero-order valence-corrected chi connectivity index (χ0v) is 10.1. The Morgan fingerprint density at radius 3 is 2.77 bits per heavy atom. The summed E-state index contributed by atoms with van der Waals surface area (Å²) in [4.78, 5) is 2.19. The predicted octanol–water partition coefficient (Wildman–Crippen LogP) is 0.352. The van der Waals surface area contributed by atoms with Gasteiger partial charge in [-0.2, -0.15) is 0 Å². The second kappa shape index (κ2) is 4.72. The number of alkyl halides is 1. The largest absolute Gasteiger partial charge is 0.302 e. The first-order chi connectivity index (χ1) is 6.05. The van der Waals surface area contributed by atoms with Gasteiger partial charge in [0.2, 0.25) is 10.0 Å². The minimum Gasteiger partial charge on any atom is -0.302 e. The zero-order chi connectivity index (χ0) is 9.90. The summed E-state index contributed by atoms with van der Waals surface area (Å²) in [5.41, 5.74) is 0. The quantitative estimate of drug-likeness (QED) is 0.751. The summed E-state index contributed by atoms with van der Waals surface area (Å²) in [5.74, 6) is 0. The van der Waals surface area contributed by atoms with Crippen LogP contribution in [-0.2, 0) is 10.0 Å². The fourth-order valence-corrected chi connectivity index (χ4v) is 2.51. The highest BCUT2D eigenvalue weighted by Gasteiger charge is 2.22. The number of sulfonamides is 1. The van der Waals surface area contributed by atoms with Gasteiger partial charge < -0.3 is 4.90 Å². The monoisotopic (exact) mass is 270 g/mol. The molecule has 0 aromatic rings. The van der Waals surface area contributed by atoms with Crippen LogP contribution in [0.15, 0.2) is 0 Å². The van der Waals surface area contributed by atoms with Crippen molar-refractivity contribution in [3.8, 4) is 0 Å². The molecule has 0 aromatic carbocycles. The van der Waals surface area contributed by atoms with E-state index in [0.717, 1.165) is 19.4 Å². The first-order valence-electron chi connectivity index (χ1n) is 4.29. The Hall–Kier alpha value is 0.350. The van der Waals surface area contributed by atoms with E-state index in [1.165, 1.54) is 0 Å². The molecule has 0 aliphatic carbocycles. The van der Waals surface area contributed by atoms with E-state index in [4.69, 9.17) is 0 Å². The molecule has 1 unspecified atom stereocenters. The third-order valence-electron chi connectivity index (χ3n) is 2.35. The van der Waals surface area contributed by atoms with E-state index in [9.17, 15) is 8.42 Å². The van der Waals surface area contributed by atoms with E-state index < -0.39 is 10.0 Å². The molecule has 1 fully saturated rings. The van der Waals surface area contributed by atoms with E-state index >= 15 is 0 Å². The number of nitrogens with zero attached hydrogens (tertiary/aromatic N) is 1. The number of halogens is 1. The summed E-state index contributed by atoms with van der Waals surface area (Å²) in [5, 5.41) is 0. The number of likely N-dealkylation sites (tertiary alicyclic amines) is 1. The van der Waals surface area contributed by atoms with Crippen LogP contribution in [0.5, 0.6) is 0 Å². The van der Waals surface area contributed by atoms with Crippen LogP contribution in [0.2, 0.25) is 0 Å². The number of rotatable bonds is 4. The second-order valence-corrected chi connectivity index (χ2v) is 6.46.